The molecule has 0 aliphatic heterocycles. The minimum atomic E-state index is 0.817. The van der Waals surface area contributed by atoms with Crippen LogP contribution in [0.3, 0.4) is 0 Å². The van der Waals surface area contributed by atoms with E-state index in [9.17, 15) is 0 Å². The fraction of sp³-hybridized carbons (Fsp3) is 0.120. The van der Waals surface area contributed by atoms with E-state index in [-0.39, 0.29) is 0 Å². The van der Waals surface area contributed by atoms with E-state index >= 15 is 0 Å². The molecule has 0 N–H and O–H groups in total. The van der Waals surface area contributed by atoms with Crippen LogP contribution in [0.2, 0.25) is 0 Å². The molecule has 4 rings (SSSR count). The van der Waals surface area contributed by atoms with Crippen LogP contribution < -0.4 is 0 Å². The van der Waals surface area contributed by atoms with Gasteiger partial charge in [-0.1, -0.05) is 61.2 Å². The second-order valence-electron chi connectivity index (χ2n) is 6.97. The van der Waals surface area contributed by atoms with E-state index in [0.29, 0.717) is 0 Å². The summed E-state index contributed by atoms with van der Waals surface area (Å²) in [4.78, 5) is 3.32. The van der Waals surface area contributed by atoms with E-state index in [4.69, 9.17) is 10.2 Å². The van der Waals surface area contributed by atoms with Crippen LogP contribution >= 0.6 is 0 Å². The quantitative estimate of drug-likeness (QED) is 0.374. The van der Waals surface area contributed by atoms with Crippen LogP contribution in [-0.4, -0.2) is 30.0 Å². The Balaban J connectivity index is 1.88. The molecule has 0 saturated heterocycles. The maximum Gasteiger partial charge on any atom is 0.121 e. The number of hydrogen-bond acceptors (Lipinski definition) is 4. The van der Waals surface area contributed by atoms with Crippen molar-refractivity contribution in [1.29, 1.82) is 0 Å². The number of benzene rings is 2. The van der Waals surface area contributed by atoms with Gasteiger partial charge in [-0.25, -0.2) is 0 Å². The lowest BCUT2D eigenvalue weighted by molar-refractivity contribution is 0.780. The molecule has 0 aliphatic carbocycles. The average molecular weight is 409 g/mol. The van der Waals surface area contributed by atoms with Crippen molar-refractivity contribution < 1.29 is 0 Å². The first-order valence-electron chi connectivity index (χ1n) is 10.1. The second kappa shape index (κ2) is 8.75. The van der Waals surface area contributed by atoms with Gasteiger partial charge >= 0.3 is 0 Å². The number of fused-ring (bicyclic) bond motifs is 2. The molecule has 154 valence electrons. The third-order valence-electron chi connectivity index (χ3n) is 4.89. The van der Waals surface area contributed by atoms with Gasteiger partial charge in [0, 0.05) is 11.1 Å². The standard InChI is InChI=1S/C25H24N6/c1-5-8-12-18(4)30-26-22-16-10-14-20(24(22)28-30)21-15-11-17-23-25(21)29-31(27-23)19(7-3)13-9-6-2/h5-17H,2H2,1,3-4H3/b8-5-,13-9-,18-12+,19-7+. The summed E-state index contributed by atoms with van der Waals surface area (Å²) in [6.45, 7) is 9.66. The molecule has 0 aliphatic rings. The predicted molar refractivity (Wildman–Crippen MR) is 128 cm³/mol. The monoisotopic (exact) mass is 408 g/mol. The highest BCUT2D eigenvalue weighted by molar-refractivity contribution is 6.00. The summed E-state index contributed by atoms with van der Waals surface area (Å²) >= 11 is 0. The number of hydrogen-bond donors (Lipinski definition) is 0. The molecule has 0 amide bonds. The first kappa shape index (κ1) is 20.2. The van der Waals surface area contributed by atoms with E-state index in [1.165, 1.54) is 0 Å². The topological polar surface area (TPSA) is 61.4 Å². The number of allylic oxidation sites excluding steroid dienone is 9. The first-order chi connectivity index (χ1) is 15.2. The van der Waals surface area contributed by atoms with E-state index in [1.54, 1.807) is 15.7 Å². The summed E-state index contributed by atoms with van der Waals surface area (Å²) in [5.41, 5.74) is 7.05. The number of rotatable bonds is 6. The average Bonchev–Trinajstić information content (AvgIpc) is 3.42. The van der Waals surface area contributed by atoms with Crippen LogP contribution in [0.4, 0.5) is 0 Å². The zero-order chi connectivity index (χ0) is 21.8. The Morgan fingerprint density at radius 3 is 2.03 bits per heavy atom. The lowest BCUT2D eigenvalue weighted by Crippen LogP contribution is -1.98. The van der Waals surface area contributed by atoms with Crippen LogP contribution in [0, 0.1) is 0 Å². The van der Waals surface area contributed by atoms with Crippen LogP contribution in [0.25, 0.3) is 44.6 Å². The van der Waals surface area contributed by atoms with Crippen LogP contribution in [0.5, 0.6) is 0 Å². The Morgan fingerprint density at radius 2 is 1.45 bits per heavy atom. The van der Waals surface area contributed by atoms with Gasteiger partial charge in [0.05, 0.1) is 11.4 Å². The molecule has 0 radical (unpaired) electrons. The summed E-state index contributed by atoms with van der Waals surface area (Å²) in [5.74, 6) is 0. The number of nitrogens with zero attached hydrogens (tertiary/aromatic N) is 6. The van der Waals surface area contributed by atoms with Gasteiger partial charge in [0.15, 0.2) is 0 Å². The Kier molecular flexibility index (Phi) is 5.71. The summed E-state index contributed by atoms with van der Waals surface area (Å²) in [6.07, 6.45) is 13.4. The SMILES string of the molecule is C=C/C=C\C(=C/C)n1nc2cccc(-c3cccc4nn(/C(C)=C/C=C\C)nc34)c2n1. The van der Waals surface area contributed by atoms with Gasteiger partial charge in [-0.05, 0) is 45.1 Å². The van der Waals surface area contributed by atoms with Gasteiger partial charge in [0.25, 0.3) is 0 Å². The zero-order valence-corrected chi connectivity index (χ0v) is 17.9. The molecule has 6 nitrogen and oxygen atoms in total. The minimum Gasteiger partial charge on any atom is -0.155 e. The van der Waals surface area contributed by atoms with Gasteiger partial charge in [0.1, 0.15) is 22.1 Å². The molecular formula is C25H24N6. The third kappa shape index (κ3) is 3.88. The van der Waals surface area contributed by atoms with Crippen molar-refractivity contribution in [1.82, 2.24) is 30.0 Å². The Bertz CT molecular complexity index is 1380. The van der Waals surface area contributed by atoms with Gasteiger partial charge in [-0.3, -0.25) is 0 Å². The van der Waals surface area contributed by atoms with E-state index < -0.39 is 0 Å². The molecule has 31 heavy (non-hydrogen) atoms. The normalized spacial score (nSPS) is 13.3. The van der Waals surface area contributed by atoms with Crippen molar-refractivity contribution in [2.45, 2.75) is 20.8 Å². The highest BCUT2D eigenvalue weighted by Gasteiger charge is 2.15. The summed E-state index contributed by atoms with van der Waals surface area (Å²) in [7, 11) is 0. The summed E-state index contributed by atoms with van der Waals surface area (Å²) < 4.78 is 0. The zero-order valence-electron chi connectivity index (χ0n) is 17.9. The molecular weight excluding hydrogens is 384 g/mol. The predicted octanol–water partition coefficient (Wildman–Crippen LogP) is 5.88. The van der Waals surface area contributed by atoms with Gasteiger partial charge in [-0.15, -0.1) is 20.4 Å². The van der Waals surface area contributed by atoms with Crippen molar-refractivity contribution in [3.63, 3.8) is 0 Å². The fourth-order valence-electron chi connectivity index (χ4n) is 3.33. The van der Waals surface area contributed by atoms with Gasteiger partial charge in [-0.2, -0.15) is 9.59 Å². The highest BCUT2D eigenvalue weighted by Crippen LogP contribution is 2.31. The fourth-order valence-corrected chi connectivity index (χ4v) is 3.33. The highest BCUT2D eigenvalue weighted by atomic mass is 15.5. The maximum atomic E-state index is 4.78. The minimum absolute atomic E-state index is 0.817. The molecule has 2 aromatic carbocycles. The summed E-state index contributed by atoms with van der Waals surface area (Å²) in [5, 5.41) is 18.9. The Hall–Kier alpha value is -4.06. The van der Waals surface area contributed by atoms with E-state index in [2.05, 4.69) is 16.8 Å². The van der Waals surface area contributed by atoms with Crippen molar-refractivity contribution in [3.05, 3.63) is 85.5 Å². The molecule has 0 spiro atoms. The van der Waals surface area contributed by atoms with Crippen LogP contribution in [-0.2, 0) is 0 Å². The van der Waals surface area contributed by atoms with Crippen LogP contribution in [0.1, 0.15) is 20.8 Å². The Morgan fingerprint density at radius 1 is 0.839 bits per heavy atom. The van der Waals surface area contributed by atoms with Crippen molar-refractivity contribution in [2.75, 3.05) is 0 Å². The first-order valence-corrected chi connectivity index (χ1v) is 10.1. The molecule has 6 heteroatoms. The lowest BCUT2D eigenvalue weighted by atomic mass is 10.0. The summed E-state index contributed by atoms with van der Waals surface area (Å²) in [6, 6.07) is 12.0. The molecule has 0 atom stereocenters. The molecule has 0 fully saturated rings. The number of aromatic nitrogens is 6. The van der Waals surface area contributed by atoms with E-state index in [1.807, 2.05) is 93.6 Å². The van der Waals surface area contributed by atoms with Gasteiger partial charge in [0.2, 0.25) is 0 Å². The Labute approximate surface area is 181 Å². The molecule has 0 bridgehead atoms. The van der Waals surface area contributed by atoms with Gasteiger partial charge < -0.3 is 0 Å². The molecule has 0 unspecified atom stereocenters. The largest absolute Gasteiger partial charge is 0.155 e. The van der Waals surface area contributed by atoms with Crippen molar-refractivity contribution in [2.24, 2.45) is 0 Å². The lowest BCUT2D eigenvalue weighted by Gasteiger charge is -2.02. The van der Waals surface area contributed by atoms with Crippen molar-refractivity contribution >= 4 is 33.5 Å². The second-order valence-corrected chi connectivity index (χ2v) is 6.97. The maximum absolute atomic E-state index is 4.78. The van der Waals surface area contributed by atoms with Crippen LogP contribution in [0.15, 0.2) is 85.5 Å². The third-order valence-corrected chi connectivity index (χ3v) is 4.89. The van der Waals surface area contributed by atoms with E-state index in [0.717, 1.165) is 44.6 Å². The smallest absolute Gasteiger partial charge is 0.121 e. The molecule has 4 aromatic rings. The van der Waals surface area contributed by atoms with Crippen molar-refractivity contribution in [3.8, 4) is 11.1 Å². The molecule has 0 saturated carbocycles. The molecule has 2 aromatic heterocycles. The molecule has 2 heterocycles.